The highest BCUT2D eigenvalue weighted by molar-refractivity contribution is 9.09. The van der Waals surface area contributed by atoms with Crippen molar-refractivity contribution in [3.8, 4) is 5.75 Å². The van der Waals surface area contributed by atoms with Gasteiger partial charge >= 0.3 is 0 Å². The summed E-state index contributed by atoms with van der Waals surface area (Å²) in [7, 11) is 0. The highest BCUT2D eigenvalue weighted by Gasteiger charge is 2.33. The van der Waals surface area contributed by atoms with Crippen molar-refractivity contribution in [3.05, 3.63) is 29.3 Å². The predicted octanol–water partition coefficient (Wildman–Crippen LogP) is 4.89. The Morgan fingerprint density at radius 2 is 2.06 bits per heavy atom. The van der Waals surface area contributed by atoms with Crippen molar-refractivity contribution in [2.24, 2.45) is 5.41 Å². The van der Waals surface area contributed by atoms with Crippen LogP contribution in [0.1, 0.15) is 44.2 Å². The second-order valence-corrected chi connectivity index (χ2v) is 6.16. The number of alkyl halides is 1. The van der Waals surface area contributed by atoms with Gasteiger partial charge in [-0.1, -0.05) is 47.5 Å². The molecular formula is C16H23BrO. The molecule has 2 rings (SSSR count). The lowest BCUT2D eigenvalue weighted by Gasteiger charge is -2.31. The van der Waals surface area contributed by atoms with E-state index in [0.717, 1.165) is 23.9 Å². The van der Waals surface area contributed by atoms with Crippen LogP contribution in [0.25, 0.3) is 0 Å². The van der Waals surface area contributed by atoms with Gasteiger partial charge in [0.1, 0.15) is 11.9 Å². The van der Waals surface area contributed by atoms with Gasteiger partial charge in [-0.15, -0.1) is 0 Å². The molecule has 0 fully saturated rings. The summed E-state index contributed by atoms with van der Waals surface area (Å²) in [6.45, 7) is 6.72. The monoisotopic (exact) mass is 310 g/mol. The average molecular weight is 311 g/mol. The highest BCUT2D eigenvalue weighted by atomic mass is 79.9. The Kier molecular flexibility index (Phi) is 4.37. The second-order valence-electron chi connectivity index (χ2n) is 5.60. The van der Waals surface area contributed by atoms with Crippen LogP contribution in [0.4, 0.5) is 0 Å². The number of hydrogen-bond acceptors (Lipinski definition) is 1. The third-order valence-electron chi connectivity index (χ3n) is 4.40. The molecule has 1 aliphatic rings. The lowest BCUT2D eigenvalue weighted by Crippen LogP contribution is -2.29. The van der Waals surface area contributed by atoms with Gasteiger partial charge in [-0.2, -0.15) is 0 Å². The molecule has 0 radical (unpaired) electrons. The van der Waals surface area contributed by atoms with Crippen LogP contribution in [0, 0.1) is 12.3 Å². The zero-order valence-corrected chi connectivity index (χ0v) is 13.2. The van der Waals surface area contributed by atoms with E-state index in [1.807, 2.05) is 0 Å². The van der Waals surface area contributed by atoms with Crippen LogP contribution in [-0.4, -0.2) is 11.4 Å². The Labute approximate surface area is 119 Å². The minimum absolute atomic E-state index is 0.360. The molecule has 1 heterocycles. The summed E-state index contributed by atoms with van der Waals surface area (Å²) in [5, 5.41) is 1.07. The number of rotatable bonds is 5. The third-order valence-corrected chi connectivity index (χ3v) is 5.59. The van der Waals surface area contributed by atoms with E-state index in [2.05, 4.69) is 54.9 Å². The zero-order valence-electron chi connectivity index (χ0n) is 11.6. The summed E-state index contributed by atoms with van der Waals surface area (Å²) in [5.74, 6) is 1.10. The fourth-order valence-corrected chi connectivity index (χ4v) is 3.85. The minimum Gasteiger partial charge on any atom is -0.490 e. The molecule has 0 saturated heterocycles. The molecule has 1 nitrogen and oxygen atoms in total. The molecular weight excluding hydrogens is 288 g/mol. The van der Waals surface area contributed by atoms with Crippen LogP contribution in [0.2, 0.25) is 0 Å². The van der Waals surface area contributed by atoms with Crippen LogP contribution in [-0.2, 0) is 6.42 Å². The first-order valence-corrected chi connectivity index (χ1v) is 8.07. The lowest BCUT2D eigenvalue weighted by atomic mass is 9.79. The number of halogens is 1. The highest BCUT2D eigenvalue weighted by Crippen LogP contribution is 2.39. The average Bonchev–Trinajstić information content (AvgIpc) is 2.77. The fourth-order valence-electron chi connectivity index (χ4n) is 2.83. The molecule has 2 heteroatoms. The number of ether oxygens (including phenoxy) is 1. The molecule has 1 unspecified atom stereocenters. The van der Waals surface area contributed by atoms with Gasteiger partial charge < -0.3 is 4.74 Å². The summed E-state index contributed by atoms with van der Waals surface area (Å²) in [6, 6.07) is 6.53. The topological polar surface area (TPSA) is 9.23 Å². The van der Waals surface area contributed by atoms with E-state index in [0.29, 0.717) is 11.5 Å². The van der Waals surface area contributed by atoms with Crippen molar-refractivity contribution < 1.29 is 4.74 Å². The molecule has 0 N–H and O–H groups in total. The van der Waals surface area contributed by atoms with Crippen LogP contribution in [0.5, 0.6) is 5.75 Å². The number of benzene rings is 1. The summed E-state index contributed by atoms with van der Waals surface area (Å²) in [6.07, 6.45) is 5.01. The second kappa shape index (κ2) is 5.64. The summed E-state index contributed by atoms with van der Waals surface area (Å²) < 4.78 is 6.10. The molecule has 0 spiro atoms. The van der Waals surface area contributed by atoms with Crippen LogP contribution < -0.4 is 4.74 Å². The van der Waals surface area contributed by atoms with Gasteiger partial charge in [0, 0.05) is 11.8 Å². The maximum absolute atomic E-state index is 6.10. The van der Waals surface area contributed by atoms with E-state index in [9.17, 15) is 0 Å². The summed E-state index contributed by atoms with van der Waals surface area (Å²) >= 11 is 3.69. The van der Waals surface area contributed by atoms with Gasteiger partial charge in [-0.3, -0.25) is 0 Å². The largest absolute Gasteiger partial charge is 0.490 e. The first-order valence-electron chi connectivity index (χ1n) is 6.94. The molecule has 1 atom stereocenters. The normalized spacial score (nSPS) is 18.6. The van der Waals surface area contributed by atoms with Crippen LogP contribution in [0.3, 0.4) is 0 Å². The molecule has 0 saturated carbocycles. The van der Waals surface area contributed by atoms with E-state index in [4.69, 9.17) is 4.74 Å². The third kappa shape index (κ3) is 2.74. The number of fused-ring (bicyclic) bond motifs is 1. The van der Waals surface area contributed by atoms with Crippen molar-refractivity contribution in [2.75, 3.05) is 5.33 Å². The Morgan fingerprint density at radius 1 is 1.33 bits per heavy atom. The molecule has 18 heavy (non-hydrogen) atoms. The predicted molar refractivity (Wildman–Crippen MR) is 80.7 cm³/mol. The van der Waals surface area contributed by atoms with Gasteiger partial charge in [-0.25, -0.2) is 0 Å². The molecule has 1 aromatic rings. The van der Waals surface area contributed by atoms with Crippen molar-refractivity contribution in [1.82, 2.24) is 0 Å². The first-order chi connectivity index (χ1) is 8.62. The standard InChI is InChI=1S/C16H23BrO/c1-4-16(5-2,11-17)10-14-9-13-8-12(3)6-7-15(13)18-14/h6-8,14H,4-5,9-11H2,1-3H3. The van der Waals surface area contributed by atoms with Gasteiger partial charge in [0.25, 0.3) is 0 Å². The molecule has 100 valence electrons. The maximum Gasteiger partial charge on any atom is 0.123 e. The molecule has 0 aliphatic carbocycles. The lowest BCUT2D eigenvalue weighted by molar-refractivity contribution is 0.142. The van der Waals surface area contributed by atoms with Crippen molar-refractivity contribution in [2.45, 2.75) is 52.6 Å². The quantitative estimate of drug-likeness (QED) is 0.704. The SMILES string of the molecule is CCC(CC)(CBr)CC1Cc2cc(C)ccc2O1. The maximum atomic E-state index is 6.10. The Bertz CT molecular complexity index is 401. The molecule has 1 aromatic carbocycles. The number of hydrogen-bond donors (Lipinski definition) is 0. The minimum atomic E-state index is 0.360. The first kappa shape index (κ1) is 13.9. The van der Waals surface area contributed by atoms with Gasteiger partial charge in [0.05, 0.1) is 0 Å². The van der Waals surface area contributed by atoms with E-state index < -0.39 is 0 Å². The molecule has 0 bridgehead atoms. The van der Waals surface area contributed by atoms with Crippen molar-refractivity contribution in [3.63, 3.8) is 0 Å². The van der Waals surface area contributed by atoms with Gasteiger partial charge in [-0.05, 0) is 43.2 Å². The fraction of sp³-hybridized carbons (Fsp3) is 0.625. The van der Waals surface area contributed by atoms with E-state index in [-0.39, 0.29) is 0 Å². The smallest absolute Gasteiger partial charge is 0.123 e. The Hall–Kier alpha value is -0.500. The van der Waals surface area contributed by atoms with Gasteiger partial charge in [0.15, 0.2) is 0 Å². The molecule has 0 amide bonds. The van der Waals surface area contributed by atoms with Gasteiger partial charge in [0.2, 0.25) is 0 Å². The Morgan fingerprint density at radius 3 is 2.67 bits per heavy atom. The van der Waals surface area contributed by atoms with Crippen molar-refractivity contribution in [1.29, 1.82) is 0 Å². The molecule has 1 aliphatic heterocycles. The zero-order chi connectivity index (χ0) is 13.2. The van der Waals surface area contributed by atoms with E-state index in [1.54, 1.807) is 0 Å². The molecule has 0 aromatic heterocycles. The Balaban J connectivity index is 2.07. The number of aryl methyl sites for hydroxylation is 1. The van der Waals surface area contributed by atoms with E-state index >= 15 is 0 Å². The summed E-state index contributed by atoms with van der Waals surface area (Å²) in [4.78, 5) is 0. The van der Waals surface area contributed by atoms with Crippen molar-refractivity contribution >= 4 is 15.9 Å². The van der Waals surface area contributed by atoms with E-state index in [1.165, 1.54) is 24.0 Å². The summed E-state index contributed by atoms with van der Waals surface area (Å²) in [5.41, 5.74) is 3.10. The van der Waals surface area contributed by atoms with Crippen LogP contribution in [0.15, 0.2) is 18.2 Å². The van der Waals surface area contributed by atoms with Crippen LogP contribution >= 0.6 is 15.9 Å².